The largest absolute Gasteiger partial charge is 0.321 e. The first kappa shape index (κ1) is 15.1. The number of benzene rings is 2. The second-order valence-corrected chi connectivity index (χ2v) is 5.21. The third kappa shape index (κ3) is 3.43. The Morgan fingerprint density at radius 1 is 1.29 bits per heavy atom. The van der Waals surface area contributed by atoms with Crippen molar-refractivity contribution in [3.05, 3.63) is 67.9 Å². The molecule has 0 saturated heterocycles. The fourth-order valence-electron chi connectivity index (χ4n) is 1.73. The number of hydrogen-bond acceptors (Lipinski definition) is 3. The Bertz CT molecular complexity index is 734. The first-order valence-corrected chi connectivity index (χ1v) is 6.69. The third-order valence-corrected chi connectivity index (χ3v) is 3.47. The van der Waals surface area contributed by atoms with Gasteiger partial charge in [-0.1, -0.05) is 6.07 Å². The lowest BCUT2D eigenvalue weighted by atomic mass is 10.1. The molecule has 108 valence electrons. The predicted molar refractivity (Wildman–Crippen MR) is 79.9 cm³/mol. The minimum Gasteiger partial charge on any atom is -0.321 e. The van der Waals surface area contributed by atoms with Crippen molar-refractivity contribution in [2.75, 3.05) is 5.32 Å². The Balaban J connectivity index is 2.28. The summed E-state index contributed by atoms with van der Waals surface area (Å²) in [4.78, 5) is 21.9. The zero-order chi connectivity index (χ0) is 15.6. The molecular weight excluding hydrogens is 343 g/mol. The van der Waals surface area contributed by atoms with Crippen LogP contribution in [-0.2, 0) is 0 Å². The average molecular weight is 353 g/mol. The molecule has 2 aromatic carbocycles. The number of hydrogen-bond donors (Lipinski definition) is 1. The summed E-state index contributed by atoms with van der Waals surface area (Å²) in [5.74, 6) is -1.61. The summed E-state index contributed by atoms with van der Waals surface area (Å²) < 4.78 is 14.4. The van der Waals surface area contributed by atoms with Gasteiger partial charge in [-0.15, -0.1) is 0 Å². The highest BCUT2D eigenvalue weighted by atomic mass is 79.9. The van der Waals surface area contributed by atoms with E-state index in [9.17, 15) is 19.3 Å². The zero-order valence-electron chi connectivity index (χ0n) is 10.9. The lowest BCUT2D eigenvalue weighted by Gasteiger charge is -2.09. The SMILES string of the molecule is Cc1ccc(Br)c(NC(=O)c2ccc([N+](=O)[O-])cc2F)c1. The van der Waals surface area contributed by atoms with Gasteiger partial charge in [0.25, 0.3) is 11.6 Å². The fourth-order valence-corrected chi connectivity index (χ4v) is 2.07. The maximum absolute atomic E-state index is 13.8. The van der Waals surface area contributed by atoms with E-state index in [0.29, 0.717) is 10.2 Å². The van der Waals surface area contributed by atoms with Crippen LogP contribution in [0.5, 0.6) is 0 Å². The van der Waals surface area contributed by atoms with E-state index in [-0.39, 0.29) is 5.56 Å². The molecule has 0 bridgehead atoms. The monoisotopic (exact) mass is 352 g/mol. The highest BCUT2D eigenvalue weighted by Crippen LogP contribution is 2.25. The van der Waals surface area contributed by atoms with Gasteiger partial charge in [0.05, 0.1) is 22.2 Å². The first-order valence-electron chi connectivity index (χ1n) is 5.90. The van der Waals surface area contributed by atoms with Crippen molar-refractivity contribution < 1.29 is 14.1 Å². The van der Waals surface area contributed by atoms with Gasteiger partial charge in [0.15, 0.2) is 0 Å². The molecule has 1 amide bonds. The summed E-state index contributed by atoms with van der Waals surface area (Å²) >= 11 is 3.28. The Labute approximate surface area is 128 Å². The highest BCUT2D eigenvalue weighted by Gasteiger charge is 2.17. The van der Waals surface area contributed by atoms with E-state index >= 15 is 0 Å². The molecule has 0 atom stereocenters. The molecule has 5 nitrogen and oxygen atoms in total. The van der Waals surface area contributed by atoms with Crippen molar-refractivity contribution in [1.29, 1.82) is 0 Å². The summed E-state index contributed by atoms with van der Waals surface area (Å²) in [6.07, 6.45) is 0. The number of non-ortho nitro benzene ring substituents is 1. The van der Waals surface area contributed by atoms with Crippen LogP contribution < -0.4 is 5.32 Å². The molecular formula is C14H10BrFN2O3. The molecule has 0 saturated carbocycles. The molecule has 0 unspecified atom stereocenters. The number of nitrogens with zero attached hydrogens (tertiary/aromatic N) is 1. The number of halogens is 2. The van der Waals surface area contributed by atoms with E-state index in [1.165, 1.54) is 0 Å². The van der Waals surface area contributed by atoms with Crippen LogP contribution >= 0.6 is 15.9 Å². The lowest BCUT2D eigenvalue weighted by molar-refractivity contribution is -0.385. The van der Waals surface area contributed by atoms with Crippen molar-refractivity contribution in [2.24, 2.45) is 0 Å². The molecule has 0 aromatic heterocycles. The Kier molecular flexibility index (Phi) is 4.32. The molecule has 2 rings (SSSR count). The van der Waals surface area contributed by atoms with Crippen molar-refractivity contribution >= 4 is 33.2 Å². The average Bonchev–Trinajstić information content (AvgIpc) is 2.42. The van der Waals surface area contributed by atoms with Gasteiger partial charge < -0.3 is 5.32 Å². The summed E-state index contributed by atoms with van der Waals surface area (Å²) in [6.45, 7) is 1.86. The standard InChI is InChI=1S/C14H10BrFN2O3/c1-8-2-5-11(15)13(6-8)17-14(19)10-4-3-9(18(20)21)7-12(10)16/h2-7H,1H3,(H,17,19). The van der Waals surface area contributed by atoms with E-state index in [4.69, 9.17) is 0 Å². The van der Waals surface area contributed by atoms with Crippen LogP contribution in [-0.4, -0.2) is 10.8 Å². The van der Waals surface area contributed by atoms with Gasteiger partial charge >= 0.3 is 0 Å². The predicted octanol–water partition coefficient (Wildman–Crippen LogP) is 4.06. The number of anilines is 1. The van der Waals surface area contributed by atoms with Gasteiger partial charge in [0.1, 0.15) is 5.82 Å². The van der Waals surface area contributed by atoms with E-state index in [2.05, 4.69) is 21.2 Å². The van der Waals surface area contributed by atoms with Gasteiger partial charge in [0, 0.05) is 10.5 Å². The summed E-state index contributed by atoms with van der Waals surface area (Å²) in [5.41, 5.74) is 0.769. The maximum Gasteiger partial charge on any atom is 0.272 e. The molecule has 0 spiro atoms. The van der Waals surface area contributed by atoms with Crippen LogP contribution in [0.25, 0.3) is 0 Å². The zero-order valence-corrected chi connectivity index (χ0v) is 12.5. The Morgan fingerprint density at radius 3 is 2.62 bits per heavy atom. The molecule has 0 aliphatic carbocycles. The number of amides is 1. The fraction of sp³-hybridized carbons (Fsp3) is 0.0714. The first-order chi connectivity index (χ1) is 9.88. The van der Waals surface area contributed by atoms with Crippen molar-refractivity contribution in [3.8, 4) is 0 Å². The normalized spacial score (nSPS) is 10.2. The number of rotatable bonds is 3. The molecule has 0 aliphatic heterocycles. The number of nitrogens with one attached hydrogen (secondary N) is 1. The van der Waals surface area contributed by atoms with Gasteiger partial charge in [-0.25, -0.2) is 4.39 Å². The number of aryl methyl sites for hydroxylation is 1. The summed E-state index contributed by atoms with van der Waals surface area (Å²) in [6, 6.07) is 8.24. The molecule has 2 aromatic rings. The van der Waals surface area contributed by atoms with Crippen molar-refractivity contribution in [2.45, 2.75) is 6.92 Å². The number of nitro groups is 1. The molecule has 7 heteroatoms. The van der Waals surface area contributed by atoms with Gasteiger partial charge in [-0.2, -0.15) is 0 Å². The number of nitro benzene ring substituents is 1. The molecule has 1 N–H and O–H groups in total. The topological polar surface area (TPSA) is 72.2 Å². The lowest BCUT2D eigenvalue weighted by Crippen LogP contribution is -2.14. The smallest absolute Gasteiger partial charge is 0.272 e. The minimum atomic E-state index is -0.939. The third-order valence-electron chi connectivity index (χ3n) is 2.78. The highest BCUT2D eigenvalue weighted by molar-refractivity contribution is 9.10. The summed E-state index contributed by atoms with van der Waals surface area (Å²) in [5, 5.41) is 13.1. The Hall–Kier alpha value is -2.28. The van der Waals surface area contributed by atoms with Crippen LogP contribution in [0.15, 0.2) is 40.9 Å². The quantitative estimate of drug-likeness (QED) is 0.668. The van der Waals surface area contributed by atoms with Crippen molar-refractivity contribution in [1.82, 2.24) is 0 Å². The van der Waals surface area contributed by atoms with Crippen LogP contribution in [0.2, 0.25) is 0 Å². The van der Waals surface area contributed by atoms with Gasteiger partial charge in [-0.05, 0) is 46.6 Å². The minimum absolute atomic E-state index is 0.256. The van der Waals surface area contributed by atoms with Crippen LogP contribution in [0.3, 0.4) is 0 Å². The van der Waals surface area contributed by atoms with E-state index < -0.39 is 22.3 Å². The summed E-state index contributed by atoms with van der Waals surface area (Å²) in [7, 11) is 0. The number of carbonyl (C=O) groups excluding carboxylic acids is 1. The molecule has 0 radical (unpaired) electrons. The van der Waals surface area contributed by atoms with Gasteiger partial charge in [0.2, 0.25) is 0 Å². The van der Waals surface area contributed by atoms with Crippen molar-refractivity contribution in [3.63, 3.8) is 0 Å². The van der Waals surface area contributed by atoms with Crippen LogP contribution in [0.4, 0.5) is 15.8 Å². The number of carbonyl (C=O) groups is 1. The maximum atomic E-state index is 13.8. The second-order valence-electron chi connectivity index (χ2n) is 4.36. The van der Waals surface area contributed by atoms with Crippen LogP contribution in [0, 0.1) is 22.9 Å². The molecule has 0 fully saturated rings. The van der Waals surface area contributed by atoms with E-state index in [1.807, 2.05) is 13.0 Å². The molecule has 0 aliphatic rings. The van der Waals surface area contributed by atoms with Crippen LogP contribution in [0.1, 0.15) is 15.9 Å². The van der Waals surface area contributed by atoms with Gasteiger partial charge in [-0.3, -0.25) is 14.9 Å². The second kappa shape index (κ2) is 6.01. The molecule has 0 heterocycles. The molecule has 21 heavy (non-hydrogen) atoms. The Morgan fingerprint density at radius 2 is 2.00 bits per heavy atom. The van der Waals surface area contributed by atoms with E-state index in [1.54, 1.807) is 12.1 Å². The van der Waals surface area contributed by atoms with E-state index in [0.717, 1.165) is 23.8 Å².